The predicted molar refractivity (Wildman–Crippen MR) is 76.8 cm³/mol. The summed E-state index contributed by atoms with van der Waals surface area (Å²) in [5.41, 5.74) is 0.812. The second-order valence-electron chi connectivity index (χ2n) is 5.00. The molecule has 0 saturated carbocycles. The van der Waals surface area contributed by atoms with Gasteiger partial charge in [-0.05, 0) is 33.6 Å². The molecule has 6 heteroatoms. The van der Waals surface area contributed by atoms with E-state index in [1.165, 1.54) is 0 Å². The van der Waals surface area contributed by atoms with Crippen molar-refractivity contribution in [2.75, 3.05) is 25.0 Å². The van der Waals surface area contributed by atoms with Crippen LogP contribution < -0.4 is 10.1 Å². The highest BCUT2D eigenvalue weighted by Crippen LogP contribution is 2.14. The third-order valence-corrected chi connectivity index (χ3v) is 3.26. The first-order valence-electron chi connectivity index (χ1n) is 7.14. The summed E-state index contributed by atoms with van der Waals surface area (Å²) < 4.78 is 5.38. The molecule has 1 aromatic heterocycles. The minimum atomic E-state index is -0.329. The summed E-state index contributed by atoms with van der Waals surface area (Å²) in [6.45, 7) is 7.88. The lowest BCUT2D eigenvalue weighted by Gasteiger charge is -2.21. The Balaban J connectivity index is 2.02. The number of carbonyl (C=O) groups is 1. The molecule has 0 bridgehead atoms. The largest absolute Gasteiger partial charge is 0.478 e. The SMILES string of the molecule is CCOc1cc(C)nc(NC(C)C(=O)N2CCCC2)n1. The second-order valence-corrected chi connectivity index (χ2v) is 5.00. The van der Waals surface area contributed by atoms with Gasteiger partial charge in [-0.15, -0.1) is 0 Å². The fraction of sp³-hybridized carbons (Fsp3) is 0.643. The van der Waals surface area contributed by atoms with Crippen molar-refractivity contribution in [1.29, 1.82) is 0 Å². The number of ether oxygens (including phenoxy) is 1. The van der Waals surface area contributed by atoms with Gasteiger partial charge < -0.3 is 15.0 Å². The molecule has 2 heterocycles. The fourth-order valence-electron chi connectivity index (χ4n) is 2.29. The first-order chi connectivity index (χ1) is 9.60. The lowest BCUT2D eigenvalue weighted by molar-refractivity contribution is -0.130. The van der Waals surface area contributed by atoms with Crippen molar-refractivity contribution < 1.29 is 9.53 Å². The molecule has 2 rings (SSSR count). The van der Waals surface area contributed by atoms with Crippen LogP contribution in [0, 0.1) is 6.92 Å². The number of hydrogen-bond donors (Lipinski definition) is 1. The number of nitrogens with one attached hydrogen (secondary N) is 1. The van der Waals surface area contributed by atoms with E-state index in [-0.39, 0.29) is 11.9 Å². The monoisotopic (exact) mass is 278 g/mol. The maximum atomic E-state index is 12.2. The van der Waals surface area contributed by atoms with Crippen molar-refractivity contribution in [3.8, 4) is 5.88 Å². The lowest BCUT2D eigenvalue weighted by atomic mass is 10.3. The molecule has 0 spiro atoms. The molecule has 1 fully saturated rings. The van der Waals surface area contributed by atoms with Crippen LogP contribution >= 0.6 is 0 Å². The van der Waals surface area contributed by atoms with E-state index < -0.39 is 0 Å². The smallest absolute Gasteiger partial charge is 0.244 e. The first-order valence-corrected chi connectivity index (χ1v) is 7.14. The zero-order valence-electron chi connectivity index (χ0n) is 12.3. The Bertz CT molecular complexity index is 472. The molecule has 6 nitrogen and oxygen atoms in total. The minimum Gasteiger partial charge on any atom is -0.478 e. The molecule has 1 aliphatic heterocycles. The molecule has 1 aromatic rings. The van der Waals surface area contributed by atoms with Crippen LogP contribution in [0.15, 0.2) is 6.07 Å². The van der Waals surface area contributed by atoms with Gasteiger partial charge in [-0.25, -0.2) is 4.98 Å². The molecule has 20 heavy (non-hydrogen) atoms. The van der Waals surface area contributed by atoms with Crippen LogP contribution in [-0.4, -0.2) is 46.5 Å². The summed E-state index contributed by atoms with van der Waals surface area (Å²) in [5, 5.41) is 3.06. The Labute approximate surface area is 119 Å². The Morgan fingerprint density at radius 3 is 2.80 bits per heavy atom. The number of aromatic nitrogens is 2. The van der Waals surface area contributed by atoms with E-state index in [4.69, 9.17) is 4.74 Å². The van der Waals surface area contributed by atoms with Crippen LogP contribution in [0.5, 0.6) is 5.88 Å². The van der Waals surface area contributed by atoms with Crippen LogP contribution in [0.2, 0.25) is 0 Å². The molecule has 1 atom stereocenters. The average molecular weight is 278 g/mol. The summed E-state index contributed by atoms with van der Waals surface area (Å²) >= 11 is 0. The van der Waals surface area contributed by atoms with Gasteiger partial charge >= 0.3 is 0 Å². The average Bonchev–Trinajstić information content (AvgIpc) is 2.91. The predicted octanol–water partition coefficient (Wildman–Crippen LogP) is 1.61. The highest BCUT2D eigenvalue weighted by atomic mass is 16.5. The number of aryl methyl sites for hydroxylation is 1. The molecular formula is C14H22N4O2. The van der Waals surface area contributed by atoms with Crippen molar-refractivity contribution in [1.82, 2.24) is 14.9 Å². The highest BCUT2D eigenvalue weighted by molar-refractivity contribution is 5.84. The topological polar surface area (TPSA) is 67.3 Å². The first kappa shape index (κ1) is 14.6. The number of anilines is 1. The number of rotatable bonds is 5. The number of carbonyl (C=O) groups excluding carboxylic acids is 1. The normalized spacial score (nSPS) is 16.1. The van der Waals surface area contributed by atoms with Crippen LogP contribution in [0.1, 0.15) is 32.4 Å². The maximum absolute atomic E-state index is 12.2. The van der Waals surface area contributed by atoms with E-state index in [0.29, 0.717) is 18.4 Å². The van der Waals surface area contributed by atoms with Gasteiger partial charge in [-0.2, -0.15) is 4.98 Å². The van der Waals surface area contributed by atoms with E-state index in [1.807, 2.05) is 25.7 Å². The highest BCUT2D eigenvalue weighted by Gasteiger charge is 2.23. The molecule has 110 valence electrons. The van der Waals surface area contributed by atoms with Crippen LogP contribution in [0.25, 0.3) is 0 Å². The van der Waals surface area contributed by atoms with Crippen molar-refractivity contribution in [2.24, 2.45) is 0 Å². The summed E-state index contributed by atoms with van der Waals surface area (Å²) in [7, 11) is 0. The Morgan fingerprint density at radius 2 is 2.15 bits per heavy atom. The third-order valence-electron chi connectivity index (χ3n) is 3.26. The Kier molecular flexibility index (Phi) is 4.76. The third kappa shape index (κ3) is 3.59. The molecule has 0 aromatic carbocycles. The Morgan fingerprint density at radius 1 is 1.45 bits per heavy atom. The van der Waals surface area contributed by atoms with Gasteiger partial charge in [-0.1, -0.05) is 0 Å². The fourth-order valence-corrected chi connectivity index (χ4v) is 2.29. The number of likely N-dealkylation sites (tertiary alicyclic amines) is 1. The van der Waals surface area contributed by atoms with E-state index in [2.05, 4.69) is 15.3 Å². The maximum Gasteiger partial charge on any atom is 0.244 e. The quantitative estimate of drug-likeness (QED) is 0.886. The van der Waals surface area contributed by atoms with Crippen LogP contribution in [0.4, 0.5) is 5.95 Å². The van der Waals surface area contributed by atoms with E-state index in [0.717, 1.165) is 31.6 Å². The Hall–Kier alpha value is -1.85. The minimum absolute atomic E-state index is 0.102. The van der Waals surface area contributed by atoms with Gasteiger partial charge in [-0.3, -0.25) is 4.79 Å². The van der Waals surface area contributed by atoms with Crippen LogP contribution in [0.3, 0.4) is 0 Å². The van der Waals surface area contributed by atoms with E-state index in [1.54, 1.807) is 6.07 Å². The van der Waals surface area contributed by atoms with Crippen molar-refractivity contribution in [2.45, 2.75) is 39.7 Å². The number of nitrogens with zero attached hydrogens (tertiary/aromatic N) is 3. The van der Waals surface area contributed by atoms with Gasteiger partial charge in [0.15, 0.2) is 0 Å². The van der Waals surface area contributed by atoms with E-state index >= 15 is 0 Å². The standard InChI is InChI=1S/C14H22N4O2/c1-4-20-12-9-10(2)15-14(17-12)16-11(3)13(19)18-7-5-6-8-18/h9,11H,4-8H2,1-3H3,(H,15,16,17). The molecular weight excluding hydrogens is 256 g/mol. The summed E-state index contributed by atoms with van der Waals surface area (Å²) in [6.07, 6.45) is 2.18. The summed E-state index contributed by atoms with van der Waals surface area (Å²) in [4.78, 5) is 22.7. The van der Waals surface area contributed by atoms with Gasteiger partial charge in [0, 0.05) is 24.8 Å². The van der Waals surface area contributed by atoms with Crippen LogP contribution in [-0.2, 0) is 4.79 Å². The molecule has 0 radical (unpaired) electrons. The zero-order valence-corrected chi connectivity index (χ0v) is 12.3. The van der Waals surface area contributed by atoms with Crippen molar-refractivity contribution in [3.63, 3.8) is 0 Å². The van der Waals surface area contributed by atoms with Gasteiger partial charge in [0.2, 0.25) is 17.7 Å². The summed E-state index contributed by atoms with van der Waals surface area (Å²) in [5.74, 6) is 1.07. The molecule has 1 aliphatic rings. The molecule has 1 amide bonds. The van der Waals surface area contributed by atoms with Crippen molar-refractivity contribution in [3.05, 3.63) is 11.8 Å². The lowest BCUT2D eigenvalue weighted by Crippen LogP contribution is -2.40. The number of hydrogen-bond acceptors (Lipinski definition) is 5. The molecule has 1 saturated heterocycles. The zero-order chi connectivity index (χ0) is 14.5. The second kappa shape index (κ2) is 6.54. The van der Waals surface area contributed by atoms with Gasteiger partial charge in [0.05, 0.1) is 6.61 Å². The van der Waals surface area contributed by atoms with E-state index in [9.17, 15) is 4.79 Å². The molecule has 1 N–H and O–H groups in total. The van der Waals surface area contributed by atoms with Gasteiger partial charge in [0.1, 0.15) is 6.04 Å². The molecule has 0 aliphatic carbocycles. The summed E-state index contributed by atoms with van der Waals surface area (Å²) in [6, 6.07) is 1.45. The number of amides is 1. The van der Waals surface area contributed by atoms with Crippen molar-refractivity contribution >= 4 is 11.9 Å². The molecule has 1 unspecified atom stereocenters. The van der Waals surface area contributed by atoms with Gasteiger partial charge in [0.25, 0.3) is 0 Å².